The maximum atomic E-state index is 12.8. The van der Waals surface area contributed by atoms with Crippen molar-refractivity contribution in [3.05, 3.63) is 69.6 Å². The van der Waals surface area contributed by atoms with Crippen molar-refractivity contribution < 1.29 is 9.13 Å². The summed E-state index contributed by atoms with van der Waals surface area (Å²) in [5.41, 5.74) is 0.966. The number of ether oxygens (including phenoxy) is 1. The molecule has 0 fully saturated rings. The van der Waals surface area contributed by atoms with Crippen molar-refractivity contribution in [3.8, 4) is 5.75 Å². The van der Waals surface area contributed by atoms with Gasteiger partial charge >= 0.3 is 0 Å². The third kappa shape index (κ3) is 4.57. The fraction of sp³-hybridized carbons (Fsp3) is 0.235. The first-order valence-electron chi connectivity index (χ1n) is 7.16. The van der Waals surface area contributed by atoms with Crippen LogP contribution in [-0.4, -0.2) is 14.8 Å². The third-order valence-corrected chi connectivity index (χ3v) is 4.62. The first kappa shape index (κ1) is 16.5. The quantitative estimate of drug-likeness (QED) is 0.525. The van der Waals surface area contributed by atoms with Gasteiger partial charge in [-0.15, -0.1) is 11.6 Å². The van der Waals surface area contributed by atoms with Crippen LogP contribution >= 0.6 is 34.2 Å². The van der Waals surface area contributed by atoms with E-state index in [1.807, 2.05) is 12.2 Å². The van der Waals surface area contributed by atoms with Crippen LogP contribution in [0.25, 0.3) is 0 Å². The lowest BCUT2D eigenvalue weighted by molar-refractivity contribution is 0.296. The van der Waals surface area contributed by atoms with E-state index in [0.717, 1.165) is 17.9 Å². The average Bonchev–Trinajstić information content (AvgIpc) is 2.93. The largest absolute Gasteiger partial charge is 0.486 e. The minimum atomic E-state index is -0.410. The molecule has 120 valence electrons. The normalized spacial score (nSPS) is 20.4. The Morgan fingerprint density at radius 2 is 2.13 bits per heavy atom. The van der Waals surface area contributed by atoms with Gasteiger partial charge in [0.15, 0.2) is 0 Å². The van der Waals surface area contributed by atoms with Gasteiger partial charge in [-0.3, -0.25) is 0 Å². The van der Waals surface area contributed by atoms with Crippen molar-refractivity contribution >= 4 is 34.2 Å². The zero-order chi connectivity index (χ0) is 16.3. The van der Waals surface area contributed by atoms with Gasteiger partial charge in [0.05, 0.1) is 4.87 Å². The summed E-state index contributed by atoms with van der Waals surface area (Å²) in [5, 5.41) is 0. The lowest BCUT2D eigenvalue weighted by Crippen LogP contribution is -2.23. The van der Waals surface area contributed by atoms with Gasteiger partial charge in [0.2, 0.25) is 0 Å². The number of hydrogen-bond donors (Lipinski definition) is 1. The van der Waals surface area contributed by atoms with E-state index in [0.29, 0.717) is 18.8 Å². The topological polar surface area (TPSA) is 37.9 Å². The van der Waals surface area contributed by atoms with Crippen LogP contribution in [0.3, 0.4) is 0 Å². The standard InChI is InChI=1S/C17H15ClFIN2O/c18-17(7-1-2-13(20)8-17)9-14-10-21-16(22-14)11-23-15-5-3-12(19)4-6-15/h1-7,10H,8-9,11H2,(H,21,22). The number of H-pyrrole nitrogens is 1. The molecular weight excluding hydrogens is 430 g/mol. The molecule has 0 saturated carbocycles. The number of hydrogen-bond acceptors (Lipinski definition) is 2. The van der Waals surface area contributed by atoms with Crippen molar-refractivity contribution in [2.75, 3.05) is 0 Å². The number of halogens is 3. The van der Waals surface area contributed by atoms with E-state index < -0.39 is 4.87 Å². The van der Waals surface area contributed by atoms with E-state index in [4.69, 9.17) is 16.3 Å². The third-order valence-electron chi connectivity index (χ3n) is 3.49. The molecular formula is C17H15ClFIN2O. The van der Waals surface area contributed by atoms with Crippen LogP contribution in [-0.2, 0) is 13.0 Å². The number of nitrogens with one attached hydrogen (secondary N) is 1. The number of allylic oxidation sites excluding steroid dienone is 4. The molecule has 0 aliphatic heterocycles. The van der Waals surface area contributed by atoms with E-state index in [9.17, 15) is 4.39 Å². The van der Waals surface area contributed by atoms with Crippen LogP contribution in [0.4, 0.5) is 4.39 Å². The molecule has 0 bridgehead atoms. The van der Waals surface area contributed by atoms with Gasteiger partial charge in [-0.05, 0) is 50.4 Å². The van der Waals surface area contributed by atoms with Gasteiger partial charge in [-0.2, -0.15) is 0 Å². The second kappa shape index (κ2) is 7.05. The van der Waals surface area contributed by atoms with Crippen molar-refractivity contribution in [1.82, 2.24) is 9.97 Å². The number of aromatic amines is 1. The number of nitrogens with zero attached hydrogens (tertiary/aromatic N) is 1. The first-order chi connectivity index (χ1) is 11.0. The second-order valence-corrected chi connectivity index (χ2v) is 7.60. The molecule has 1 atom stereocenters. The molecule has 2 aromatic rings. The molecule has 3 nitrogen and oxygen atoms in total. The van der Waals surface area contributed by atoms with E-state index in [2.05, 4.69) is 38.6 Å². The Balaban J connectivity index is 1.59. The molecule has 1 heterocycles. The summed E-state index contributed by atoms with van der Waals surface area (Å²) in [6, 6.07) is 5.91. The fourth-order valence-electron chi connectivity index (χ4n) is 2.41. The summed E-state index contributed by atoms with van der Waals surface area (Å²) in [5.74, 6) is 1.04. The van der Waals surface area contributed by atoms with Gasteiger partial charge < -0.3 is 9.72 Å². The Labute approximate surface area is 152 Å². The Morgan fingerprint density at radius 3 is 2.87 bits per heavy atom. The highest BCUT2D eigenvalue weighted by Crippen LogP contribution is 2.35. The van der Waals surface area contributed by atoms with Crippen LogP contribution in [0.1, 0.15) is 17.9 Å². The molecule has 3 rings (SSSR count). The molecule has 1 aromatic carbocycles. The van der Waals surface area contributed by atoms with Gasteiger partial charge in [0, 0.05) is 24.7 Å². The summed E-state index contributed by atoms with van der Waals surface area (Å²) in [7, 11) is 0. The van der Waals surface area contributed by atoms with E-state index in [1.54, 1.807) is 18.3 Å². The van der Waals surface area contributed by atoms with Gasteiger partial charge in [-0.1, -0.05) is 18.2 Å². The number of rotatable bonds is 5. The van der Waals surface area contributed by atoms with Crippen LogP contribution < -0.4 is 4.74 Å². The van der Waals surface area contributed by atoms with Crippen LogP contribution in [0.2, 0.25) is 0 Å². The summed E-state index contributed by atoms with van der Waals surface area (Å²) in [4.78, 5) is 7.13. The molecule has 1 aliphatic rings. The zero-order valence-electron chi connectivity index (χ0n) is 12.2. The van der Waals surface area contributed by atoms with Gasteiger partial charge in [0.1, 0.15) is 24.0 Å². The number of imidazole rings is 1. The number of benzene rings is 1. The molecule has 6 heteroatoms. The summed E-state index contributed by atoms with van der Waals surface area (Å²) in [6.45, 7) is 0.300. The highest BCUT2D eigenvalue weighted by Gasteiger charge is 2.27. The summed E-state index contributed by atoms with van der Waals surface area (Å²) in [6.07, 6.45) is 9.35. The van der Waals surface area contributed by atoms with E-state index in [1.165, 1.54) is 15.7 Å². The van der Waals surface area contributed by atoms with Gasteiger partial charge in [0.25, 0.3) is 0 Å². The lowest BCUT2D eigenvalue weighted by Gasteiger charge is -2.24. The fourth-order valence-corrected chi connectivity index (χ4v) is 3.89. The minimum Gasteiger partial charge on any atom is -0.486 e. The molecule has 1 unspecified atom stereocenters. The van der Waals surface area contributed by atoms with E-state index >= 15 is 0 Å². The first-order valence-corrected chi connectivity index (χ1v) is 8.62. The maximum absolute atomic E-state index is 12.8. The van der Waals surface area contributed by atoms with Crippen LogP contribution in [0.5, 0.6) is 5.75 Å². The predicted molar refractivity (Wildman–Crippen MR) is 97.5 cm³/mol. The zero-order valence-corrected chi connectivity index (χ0v) is 15.1. The Hall–Kier alpha value is -1.34. The minimum absolute atomic E-state index is 0.283. The molecule has 1 aliphatic carbocycles. The van der Waals surface area contributed by atoms with Crippen LogP contribution in [0.15, 0.2) is 52.3 Å². The molecule has 1 aromatic heterocycles. The molecule has 0 spiro atoms. The van der Waals surface area contributed by atoms with Crippen molar-refractivity contribution in [3.63, 3.8) is 0 Å². The highest BCUT2D eigenvalue weighted by molar-refractivity contribution is 14.1. The number of aromatic nitrogens is 2. The van der Waals surface area contributed by atoms with Crippen molar-refractivity contribution in [2.45, 2.75) is 24.3 Å². The predicted octanol–water partition coefficient (Wildman–Crippen LogP) is 4.93. The van der Waals surface area contributed by atoms with Crippen LogP contribution in [0, 0.1) is 5.82 Å². The summed E-state index contributed by atoms with van der Waals surface area (Å²) < 4.78 is 19.7. The second-order valence-electron chi connectivity index (χ2n) is 5.46. The smallest absolute Gasteiger partial charge is 0.146 e. The average molecular weight is 445 g/mol. The monoisotopic (exact) mass is 444 g/mol. The van der Waals surface area contributed by atoms with Crippen molar-refractivity contribution in [1.29, 1.82) is 0 Å². The lowest BCUT2D eigenvalue weighted by atomic mass is 9.95. The molecule has 0 radical (unpaired) electrons. The Morgan fingerprint density at radius 1 is 1.35 bits per heavy atom. The molecule has 0 saturated heterocycles. The molecule has 1 N–H and O–H groups in total. The maximum Gasteiger partial charge on any atom is 0.146 e. The Bertz CT molecular complexity index is 741. The summed E-state index contributed by atoms with van der Waals surface area (Å²) >= 11 is 8.96. The SMILES string of the molecule is Fc1ccc(OCc2ncc(CC3(Cl)C=CC=C(I)C3)[nH]2)cc1. The molecule has 23 heavy (non-hydrogen) atoms. The Kier molecular flexibility index (Phi) is 5.06. The molecule has 0 amide bonds. The highest BCUT2D eigenvalue weighted by atomic mass is 127. The van der Waals surface area contributed by atoms with Crippen molar-refractivity contribution in [2.24, 2.45) is 0 Å². The number of alkyl halides is 1. The van der Waals surface area contributed by atoms with E-state index in [-0.39, 0.29) is 5.82 Å². The van der Waals surface area contributed by atoms with Gasteiger partial charge in [-0.25, -0.2) is 9.37 Å².